The second-order valence-corrected chi connectivity index (χ2v) is 5.48. The van der Waals surface area contributed by atoms with Crippen LogP contribution < -0.4 is 15.4 Å². The summed E-state index contributed by atoms with van der Waals surface area (Å²) in [7, 11) is 1.59. The van der Waals surface area contributed by atoms with E-state index < -0.39 is 5.97 Å². The Bertz CT molecular complexity index is 544. The van der Waals surface area contributed by atoms with E-state index in [0.717, 1.165) is 25.1 Å². The first kappa shape index (κ1) is 18.1. The molecule has 0 radical (unpaired) electrons. The fourth-order valence-electron chi connectivity index (χ4n) is 2.39. The quantitative estimate of drug-likeness (QED) is 0.662. The first-order valence-electron chi connectivity index (χ1n) is 8.10. The number of methoxy groups -OCH3 is 1. The van der Waals surface area contributed by atoms with E-state index in [-0.39, 0.29) is 25.0 Å². The van der Waals surface area contributed by atoms with Crippen molar-refractivity contribution in [2.75, 3.05) is 38.7 Å². The topological polar surface area (TPSA) is 85.9 Å². The van der Waals surface area contributed by atoms with Crippen molar-refractivity contribution in [3.63, 3.8) is 0 Å². The Morgan fingerprint density at radius 3 is 2.92 bits per heavy atom. The van der Waals surface area contributed by atoms with Crippen LogP contribution in [0.2, 0.25) is 0 Å². The molecular weight excluding hydrogens is 312 g/mol. The minimum atomic E-state index is -0.426. The smallest absolute Gasteiger partial charge is 0.308 e. The highest BCUT2D eigenvalue weighted by Crippen LogP contribution is 2.22. The molecule has 0 unspecified atom stereocenters. The Balaban J connectivity index is 1.58. The van der Waals surface area contributed by atoms with Gasteiger partial charge in [-0.05, 0) is 25.0 Å². The summed E-state index contributed by atoms with van der Waals surface area (Å²) in [4.78, 5) is 23.3. The Labute approximate surface area is 141 Å². The van der Waals surface area contributed by atoms with Crippen molar-refractivity contribution in [3.05, 3.63) is 24.3 Å². The zero-order valence-corrected chi connectivity index (χ0v) is 13.9. The molecule has 0 aromatic heterocycles. The molecule has 1 aromatic rings. The molecule has 0 spiro atoms. The molecule has 1 heterocycles. The lowest BCUT2D eigenvalue weighted by Crippen LogP contribution is -2.34. The van der Waals surface area contributed by atoms with Crippen LogP contribution in [-0.2, 0) is 19.1 Å². The Kier molecular flexibility index (Phi) is 7.35. The van der Waals surface area contributed by atoms with Crippen LogP contribution in [0.4, 0.5) is 5.69 Å². The third kappa shape index (κ3) is 6.08. The van der Waals surface area contributed by atoms with Crippen molar-refractivity contribution in [1.82, 2.24) is 5.32 Å². The van der Waals surface area contributed by atoms with Crippen molar-refractivity contribution in [1.29, 1.82) is 0 Å². The summed E-state index contributed by atoms with van der Waals surface area (Å²) in [6, 6.07) is 7.44. The maximum absolute atomic E-state index is 11.7. The molecular formula is C17H24N2O5. The van der Waals surface area contributed by atoms with Crippen LogP contribution in [-0.4, -0.2) is 51.4 Å². The van der Waals surface area contributed by atoms with E-state index in [4.69, 9.17) is 14.2 Å². The van der Waals surface area contributed by atoms with Crippen molar-refractivity contribution in [2.45, 2.75) is 25.4 Å². The number of hydrogen-bond donors (Lipinski definition) is 2. The van der Waals surface area contributed by atoms with Gasteiger partial charge in [-0.3, -0.25) is 9.59 Å². The van der Waals surface area contributed by atoms with Gasteiger partial charge >= 0.3 is 5.97 Å². The lowest BCUT2D eigenvalue weighted by atomic mass is 10.2. The average molecular weight is 336 g/mol. The normalized spacial score (nSPS) is 16.5. The molecule has 7 nitrogen and oxygen atoms in total. The predicted octanol–water partition coefficient (Wildman–Crippen LogP) is 1.34. The monoisotopic (exact) mass is 336 g/mol. The van der Waals surface area contributed by atoms with Crippen molar-refractivity contribution in [3.8, 4) is 5.75 Å². The highest BCUT2D eigenvalue weighted by molar-refractivity contribution is 5.80. The third-order valence-electron chi connectivity index (χ3n) is 3.67. The van der Waals surface area contributed by atoms with E-state index in [1.54, 1.807) is 7.11 Å². The minimum Gasteiger partial charge on any atom is -0.495 e. The van der Waals surface area contributed by atoms with E-state index in [9.17, 15) is 9.59 Å². The molecule has 1 fully saturated rings. The molecule has 0 bridgehead atoms. The number of hydrogen-bond acceptors (Lipinski definition) is 6. The van der Waals surface area contributed by atoms with Crippen molar-refractivity contribution in [2.24, 2.45) is 0 Å². The zero-order chi connectivity index (χ0) is 17.2. The summed E-state index contributed by atoms with van der Waals surface area (Å²) < 4.78 is 15.6. The van der Waals surface area contributed by atoms with E-state index >= 15 is 0 Å². The number of rotatable bonds is 9. The van der Waals surface area contributed by atoms with Crippen LogP contribution in [0.3, 0.4) is 0 Å². The number of benzene rings is 1. The molecule has 24 heavy (non-hydrogen) atoms. The van der Waals surface area contributed by atoms with Crippen molar-refractivity contribution < 1.29 is 23.8 Å². The summed E-state index contributed by atoms with van der Waals surface area (Å²) in [5, 5.41) is 5.81. The summed E-state index contributed by atoms with van der Waals surface area (Å²) in [5.41, 5.74) is 0.808. The van der Waals surface area contributed by atoms with Crippen LogP contribution in [0, 0.1) is 0 Å². The number of esters is 1. The second-order valence-electron chi connectivity index (χ2n) is 5.48. The molecule has 1 aliphatic rings. The van der Waals surface area contributed by atoms with Gasteiger partial charge in [0.1, 0.15) is 5.75 Å². The Morgan fingerprint density at radius 1 is 1.33 bits per heavy atom. The van der Waals surface area contributed by atoms with Gasteiger partial charge in [0.25, 0.3) is 5.91 Å². The van der Waals surface area contributed by atoms with Gasteiger partial charge in [-0.25, -0.2) is 0 Å². The zero-order valence-electron chi connectivity index (χ0n) is 13.9. The van der Waals surface area contributed by atoms with E-state index in [0.29, 0.717) is 18.8 Å². The highest BCUT2D eigenvalue weighted by Gasteiger charge is 2.16. The van der Waals surface area contributed by atoms with Gasteiger partial charge in [-0.2, -0.15) is 0 Å². The summed E-state index contributed by atoms with van der Waals surface area (Å²) in [6.45, 7) is 1.34. The number of carbonyl (C=O) groups is 2. The van der Waals surface area contributed by atoms with E-state index in [1.165, 1.54) is 0 Å². The number of carbonyl (C=O) groups excluding carboxylic acids is 2. The molecule has 0 saturated carbocycles. The predicted molar refractivity (Wildman–Crippen MR) is 89.0 cm³/mol. The van der Waals surface area contributed by atoms with Crippen LogP contribution in [0.1, 0.15) is 19.3 Å². The molecule has 1 aromatic carbocycles. The number of amides is 1. The molecule has 1 atom stereocenters. The van der Waals surface area contributed by atoms with Gasteiger partial charge in [-0.15, -0.1) is 0 Å². The molecule has 7 heteroatoms. The van der Waals surface area contributed by atoms with Gasteiger partial charge in [-0.1, -0.05) is 12.1 Å². The van der Waals surface area contributed by atoms with Gasteiger partial charge in [0.2, 0.25) is 0 Å². The molecule has 1 saturated heterocycles. The lowest BCUT2D eigenvalue weighted by Gasteiger charge is -2.12. The molecule has 0 aliphatic carbocycles. The number of para-hydroxylation sites is 2. The average Bonchev–Trinajstić information content (AvgIpc) is 3.12. The molecule has 2 rings (SSSR count). The first-order valence-corrected chi connectivity index (χ1v) is 8.10. The van der Waals surface area contributed by atoms with Gasteiger partial charge in [0, 0.05) is 19.7 Å². The largest absolute Gasteiger partial charge is 0.495 e. The lowest BCUT2D eigenvalue weighted by molar-refractivity contribution is -0.148. The third-order valence-corrected chi connectivity index (χ3v) is 3.67. The maximum Gasteiger partial charge on any atom is 0.308 e. The molecule has 132 valence electrons. The van der Waals surface area contributed by atoms with Gasteiger partial charge < -0.3 is 24.8 Å². The molecule has 1 amide bonds. The van der Waals surface area contributed by atoms with E-state index in [1.807, 2.05) is 24.3 Å². The van der Waals surface area contributed by atoms with Gasteiger partial charge in [0.05, 0.1) is 25.3 Å². The fraction of sp³-hybridized carbons (Fsp3) is 0.529. The van der Waals surface area contributed by atoms with Crippen LogP contribution in [0.25, 0.3) is 0 Å². The SMILES string of the molecule is COc1ccccc1NCCC(=O)OCC(=O)NC[C@H]1CCCO1. The minimum absolute atomic E-state index is 0.0784. The Hall–Kier alpha value is -2.28. The fourth-order valence-corrected chi connectivity index (χ4v) is 2.39. The number of nitrogens with one attached hydrogen (secondary N) is 2. The molecule has 2 N–H and O–H groups in total. The summed E-state index contributed by atoms with van der Waals surface area (Å²) in [5.74, 6) is -0.0272. The van der Waals surface area contributed by atoms with Crippen LogP contribution in [0.5, 0.6) is 5.75 Å². The van der Waals surface area contributed by atoms with Crippen molar-refractivity contribution >= 4 is 17.6 Å². The standard InChI is InChI=1S/C17H24N2O5/c1-22-15-7-3-2-6-14(15)18-9-8-17(21)24-12-16(20)19-11-13-5-4-10-23-13/h2-3,6-7,13,18H,4-5,8-12H2,1H3,(H,19,20)/t13-/m1/s1. The summed E-state index contributed by atoms with van der Waals surface area (Å²) in [6.07, 6.45) is 2.22. The first-order chi connectivity index (χ1) is 11.7. The van der Waals surface area contributed by atoms with E-state index in [2.05, 4.69) is 10.6 Å². The van der Waals surface area contributed by atoms with Gasteiger partial charge in [0.15, 0.2) is 6.61 Å². The second kappa shape index (κ2) is 9.77. The molecule has 1 aliphatic heterocycles. The van der Waals surface area contributed by atoms with Crippen LogP contribution >= 0.6 is 0 Å². The Morgan fingerprint density at radius 2 is 2.17 bits per heavy atom. The number of anilines is 1. The highest BCUT2D eigenvalue weighted by atomic mass is 16.5. The van der Waals surface area contributed by atoms with Crippen LogP contribution in [0.15, 0.2) is 24.3 Å². The summed E-state index contributed by atoms with van der Waals surface area (Å²) >= 11 is 0. The maximum atomic E-state index is 11.7. The number of ether oxygens (including phenoxy) is 3.